The number of aromatic nitrogens is 2. The van der Waals surface area contributed by atoms with Crippen molar-refractivity contribution in [2.45, 2.75) is 65.1 Å². The highest BCUT2D eigenvalue weighted by atomic mass is 16.2. The Kier molecular flexibility index (Phi) is 9.41. The minimum Gasteiger partial charge on any atom is -0.345 e. The predicted molar refractivity (Wildman–Crippen MR) is 128 cm³/mol. The second kappa shape index (κ2) is 12.0. The molecule has 0 aliphatic carbocycles. The van der Waals surface area contributed by atoms with E-state index < -0.39 is 41.1 Å². The van der Waals surface area contributed by atoms with Gasteiger partial charge in [0.1, 0.15) is 17.8 Å². The van der Waals surface area contributed by atoms with Gasteiger partial charge in [-0.2, -0.15) is 0 Å². The molecular formula is C25H33N5O4. The summed E-state index contributed by atoms with van der Waals surface area (Å²) in [6.07, 6.45) is 4.60. The van der Waals surface area contributed by atoms with Gasteiger partial charge in [0.15, 0.2) is 0 Å². The van der Waals surface area contributed by atoms with Gasteiger partial charge in [0.25, 0.3) is 11.8 Å². The fraction of sp³-hybridized carbons (Fsp3) is 0.440. The summed E-state index contributed by atoms with van der Waals surface area (Å²) in [5.41, 5.74) is 0.248. The Hall–Kier alpha value is -3.62. The SMILES string of the molecule is CC(C)C[C@H](NC(=O)c1cnccn1)C(=O)NC(Cc1ccccc1)C(=O)C(=O)NC(C)(C)C. The summed E-state index contributed by atoms with van der Waals surface area (Å²) in [6.45, 7) is 9.13. The first-order valence-electron chi connectivity index (χ1n) is 11.2. The molecule has 2 rings (SSSR count). The third kappa shape index (κ3) is 8.73. The molecule has 2 aromatic rings. The molecule has 1 heterocycles. The average molecular weight is 468 g/mol. The Labute approximate surface area is 200 Å². The van der Waals surface area contributed by atoms with Crippen LogP contribution in [0.3, 0.4) is 0 Å². The van der Waals surface area contributed by atoms with E-state index in [9.17, 15) is 19.2 Å². The van der Waals surface area contributed by atoms with Crippen molar-refractivity contribution in [3.63, 3.8) is 0 Å². The van der Waals surface area contributed by atoms with Crippen LogP contribution in [0.1, 0.15) is 57.1 Å². The summed E-state index contributed by atoms with van der Waals surface area (Å²) in [6, 6.07) is 7.08. The van der Waals surface area contributed by atoms with Crippen molar-refractivity contribution >= 4 is 23.5 Å². The van der Waals surface area contributed by atoms with E-state index in [1.807, 2.05) is 44.2 Å². The molecule has 0 saturated heterocycles. The summed E-state index contributed by atoms with van der Waals surface area (Å²) in [5, 5.41) is 8.02. The molecule has 0 aliphatic rings. The normalized spacial score (nSPS) is 13.0. The van der Waals surface area contributed by atoms with Crippen molar-refractivity contribution in [3.05, 3.63) is 60.2 Å². The quantitative estimate of drug-likeness (QED) is 0.457. The van der Waals surface area contributed by atoms with Gasteiger partial charge in [-0.05, 0) is 38.7 Å². The van der Waals surface area contributed by atoms with Crippen molar-refractivity contribution in [2.75, 3.05) is 0 Å². The summed E-state index contributed by atoms with van der Waals surface area (Å²) in [7, 11) is 0. The minimum absolute atomic E-state index is 0.0744. The second-order valence-corrected chi connectivity index (χ2v) is 9.57. The zero-order valence-electron chi connectivity index (χ0n) is 20.3. The topological polar surface area (TPSA) is 130 Å². The zero-order chi connectivity index (χ0) is 25.3. The van der Waals surface area contributed by atoms with Gasteiger partial charge in [0.05, 0.1) is 6.20 Å². The van der Waals surface area contributed by atoms with Crippen LogP contribution >= 0.6 is 0 Å². The number of Topliss-reactive ketones (excluding diaryl/α,β-unsaturated/α-hetero) is 1. The summed E-state index contributed by atoms with van der Waals surface area (Å²) < 4.78 is 0. The number of carbonyl (C=O) groups is 4. The molecule has 0 radical (unpaired) electrons. The van der Waals surface area contributed by atoms with Gasteiger partial charge in [-0.25, -0.2) is 4.98 Å². The Balaban J connectivity index is 2.24. The number of carbonyl (C=O) groups excluding carboxylic acids is 4. The van der Waals surface area contributed by atoms with Crippen LogP contribution in [0.15, 0.2) is 48.9 Å². The number of hydrogen-bond acceptors (Lipinski definition) is 6. The largest absolute Gasteiger partial charge is 0.345 e. The lowest BCUT2D eigenvalue weighted by Crippen LogP contribution is -2.56. The van der Waals surface area contributed by atoms with Crippen LogP contribution in [-0.2, 0) is 20.8 Å². The van der Waals surface area contributed by atoms with Gasteiger partial charge in [0, 0.05) is 24.4 Å². The molecule has 3 N–H and O–H groups in total. The molecule has 9 nitrogen and oxygen atoms in total. The maximum absolute atomic E-state index is 13.2. The fourth-order valence-electron chi connectivity index (χ4n) is 3.24. The van der Waals surface area contributed by atoms with Crippen molar-refractivity contribution in [2.24, 2.45) is 5.92 Å². The highest BCUT2D eigenvalue weighted by molar-refractivity contribution is 6.38. The number of hydrogen-bond donors (Lipinski definition) is 3. The first-order valence-corrected chi connectivity index (χ1v) is 11.2. The second-order valence-electron chi connectivity index (χ2n) is 9.57. The van der Waals surface area contributed by atoms with Crippen molar-refractivity contribution in [3.8, 4) is 0 Å². The van der Waals surface area contributed by atoms with E-state index in [4.69, 9.17) is 0 Å². The maximum atomic E-state index is 13.2. The van der Waals surface area contributed by atoms with Crippen LogP contribution in [0.2, 0.25) is 0 Å². The first kappa shape index (κ1) is 26.6. The third-order valence-electron chi connectivity index (χ3n) is 4.75. The molecule has 1 aromatic carbocycles. The van der Waals surface area contributed by atoms with E-state index in [1.165, 1.54) is 18.6 Å². The lowest BCUT2D eigenvalue weighted by Gasteiger charge is -2.25. The smallest absolute Gasteiger partial charge is 0.290 e. The van der Waals surface area contributed by atoms with Crippen molar-refractivity contribution in [1.82, 2.24) is 25.9 Å². The van der Waals surface area contributed by atoms with Gasteiger partial charge in [-0.15, -0.1) is 0 Å². The van der Waals surface area contributed by atoms with Crippen LogP contribution in [0.4, 0.5) is 0 Å². The van der Waals surface area contributed by atoms with E-state index in [0.717, 1.165) is 5.56 Å². The van der Waals surface area contributed by atoms with E-state index >= 15 is 0 Å². The summed E-state index contributed by atoms with van der Waals surface area (Å²) in [4.78, 5) is 59.2. The lowest BCUT2D eigenvalue weighted by atomic mass is 9.98. The van der Waals surface area contributed by atoms with Gasteiger partial charge in [0.2, 0.25) is 11.7 Å². The number of nitrogens with one attached hydrogen (secondary N) is 3. The molecule has 0 aliphatic heterocycles. The molecule has 0 saturated carbocycles. The van der Waals surface area contributed by atoms with Crippen LogP contribution in [-0.4, -0.2) is 51.1 Å². The van der Waals surface area contributed by atoms with E-state index in [1.54, 1.807) is 20.8 Å². The Bertz CT molecular complexity index is 987. The summed E-state index contributed by atoms with van der Waals surface area (Å²) >= 11 is 0. The molecular weight excluding hydrogens is 434 g/mol. The third-order valence-corrected chi connectivity index (χ3v) is 4.75. The standard InChI is InChI=1S/C25H33N5O4/c1-16(2)13-19(29-23(33)20-15-26-11-12-27-20)22(32)28-18(14-17-9-7-6-8-10-17)21(31)24(34)30-25(3,4)5/h6-12,15-16,18-19H,13-14H2,1-5H3,(H,28,32)(H,29,33)(H,30,34)/t18?,19-/m0/s1. The molecule has 3 amide bonds. The van der Waals surface area contributed by atoms with E-state index in [2.05, 4.69) is 25.9 Å². The zero-order valence-corrected chi connectivity index (χ0v) is 20.3. The molecule has 1 aromatic heterocycles. The molecule has 9 heteroatoms. The fourth-order valence-corrected chi connectivity index (χ4v) is 3.24. The number of rotatable bonds is 10. The molecule has 34 heavy (non-hydrogen) atoms. The molecule has 1 unspecified atom stereocenters. The molecule has 0 bridgehead atoms. The minimum atomic E-state index is -1.10. The van der Waals surface area contributed by atoms with Gasteiger partial charge < -0.3 is 16.0 Å². The maximum Gasteiger partial charge on any atom is 0.290 e. The van der Waals surface area contributed by atoms with E-state index in [-0.39, 0.29) is 18.0 Å². The highest BCUT2D eigenvalue weighted by Crippen LogP contribution is 2.10. The average Bonchev–Trinajstić information content (AvgIpc) is 2.77. The highest BCUT2D eigenvalue weighted by Gasteiger charge is 2.32. The van der Waals surface area contributed by atoms with Crippen LogP contribution in [0.5, 0.6) is 0 Å². The molecule has 0 fully saturated rings. The predicted octanol–water partition coefficient (Wildman–Crippen LogP) is 1.83. The van der Waals surface area contributed by atoms with Gasteiger partial charge >= 0.3 is 0 Å². The Morgan fingerprint density at radius 2 is 1.62 bits per heavy atom. The van der Waals surface area contributed by atoms with Crippen LogP contribution in [0.25, 0.3) is 0 Å². The lowest BCUT2D eigenvalue weighted by molar-refractivity contribution is -0.141. The molecule has 182 valence electrons. The molecule has 0 spiro atoms. The monoisotopic (exact) mass is 467 g/mol. The number of ketones is 1. The Morgan fingerprint density at radius 1 is 0.941 bits per heavy atom. The van der Waals surface area contributed by atoms with Gasteiger partial charge in [-0.1, -0.05) is 44.2 Å². The molecule has 2 atom stereocenters. The number of benzene rings is 1. The number of nitrogens with zero attached hydrogens (tertiary/aromatic N) is 2. The first-order chi connectivity index (χ1) is 16.0. The van der Waals surface area contributed by atoms with Crippen LogP contribution in [0, 0.1) is 5.92 Å². The van der Waals surface area contributed by atoms with E-state index in [0.29, 0.717) is 6.42 Å². The van der Waals surface area contributed by atoms with Gasteiger partial charge in [-0.3, -0.25) is 24.2 Å². The van der Waals surface area contributed by atoms with Crippen molar-refractivity contribution < 1.29 is 19.2 Å². The Morgan fingerprint density at radius 3 is 2.18 bits per heavy atom. The number of amides is 3. The van der Waals surface area contributed by atoms with Crippen molar-refractivity contribution in [1.29, 1.82) is 0 Å². The summed E-state index contributed by atoms with van der Waals surface area (Å²) in [5.74, 6) is -2.56. The van der Waals surface area contributed by atoms with Crippen LogP contribution < -0.4 is 16.0 Å².